The van der Waals surface area contributed by atoms with E-state index in [0.717, 1.165) is 39.1 Å². The maximum absolute atomic E-state index is 12.5. The zero-order chi connectivity index (χ0) is 18.2. The number of carbonyl (C=O) groups is 1. The van der Waals surface area contributed by atoms with Crippen LogP contribution in [0.2, 0.25) is 0 Å². The van der Waals surface area contributed by atoms with Crippen molar-refractivity contribution < 1.29 is 9.53 Å². The molecule has 0 aromatic heterocycles. The number of rotatable bonds is 7. The van der Waals surface area contributed by atoms with Gasteiger partial charge in [-0.3, -0.25) is 9.69 Å². The Bertz CT molecular complexity index is 558. The van der Waals surface area contributed by atoms with Crippen molar-refractivity contribution in [2.75, 3.05) is 32.8 Å². The van der Waals surface area contributed by atoms with Crippen molar-refractivity contribution in [3.63, 3.8) is 0 Å². The van der Waals surface area contributed by atoms with Crippen LogP contribution in [0.25, 0.3) is 0 Å². The maximum atomic E-state index is 12.5. The molecule has 2 aliphatic rings. The second-order valence-electron chi connectivity index (χ2n) is 7.96. The summed E-state index contributed by atoms with van der Waals surface area (Å²) in [6, 6.07) is 10.5. The molecule has 5 heteroatoms. The number of morpholine rings is 1. The molecule has 1 aromatic carbocycles. The first-order chi connectivity index (χ1) is 12.7. The third-order valence-corrected chi connectivity index (χ3v) is 5.88. The van der Waals surface area contributed by atoms with Crippen molar-refractivity contribution in [1.29, 1.82) is 0 Å². The van der Waals surface area contributed by atoms with Gasteiger partial charge in [0.05, 0.1) is 12.7 Å². The lowest BCUT2D eigenvalue weighted by Gasteiger charge is -2.36. The normalized spacial score (nSPS) is 23.5. The lowest BCUT2D eigenvalue weighted by atomic mass is 9.71. The van der Waals surface area contributed by atoms with E-state index in [4.69, 9.17) is 10.5 Å². The SMILES string of the molecule is NCC1(CC(=O)NCC2CN(Cc3ccccc3)CCO2)CCCCC1. The highest BCUT2D eigenvalue weighted by atomic mass is 16.5. The van der Waals surface area contributed by atoms with Crippen LogP contribution < -0.4 is 11.1 Å². The molecule has 26 heavy (non-hydrogen) atoms. The highest BCUT2D eigenvalue weighted by Gasteiger charge is 2.33. The van der Waals surface area contributed by atoms with E-state index in [1.807, 2.05) is 6.07 Å². The van der Waals surface area contributed by atoms with Crippen molar-refractivity contribution in [2.45, 2.75) is 51.2 Å². The summed E-state index contributed by atoms with van der Waals surface area (Å²) < 4.78 is 5.86. The number of hydrogen-bond donors (Lipinski definition) is 2. The molecule has 1 saturated heterocycles. The summed E-state index contributed by atoms with van der Waals surface area (Å²) in [7, 11) is 0. The van der Waals surface area contributed by atoms with Gasteiger partial charge in [-0.25, -0.2) is 0 Å². The van der Waals surface area contributed by atoms with Crippen LogP contribution in [0.15, 0.2) is 30.3 Å². The highest BCUT2D eigenvalue weighted by molar-refractivity contribution is 5.76. The van der Waals surface area contributed by atoms with E-state index >= 15 is 0 Å². The Morgan fingerprint density at radius 1 is 1.23 bits per heavy atom. The number of ether oxygens (including phenoxy) is 1. The summed E-state index contributed by atoms with van der Waals surface area (Å²) in [4.78, 5) is 14.9. The molecule has 1 aromatic rings. The van der Waals surface area contributed by atoms with Crippen molar-refractivity contribution >= 4 is 5.91 Å². The van der Waals surface area contributed by atoms with Crippen molar-refractivity contribution in [2.24, 2.45) is 11.1 Å². The van der Waals surface area contributed by atoms with Gasteiger partial charge in [0.25, 0.3) is 0 Å². The third kappa shape index (κ3) is 5.53. The van der Waals surface area contributed by atoms with Gasteiger partial charge in [-0.2, -0.15) is 0 Å². The molecule has 1 heterocycles. The van der Waals surface area contributed by atoms with Gasteiger partial charge in [0.1, 0.15) is 0 Å². The monoisotopic (exact) mass is 359 g/mol. The highest BCUT2D eigenvalue weighted by Crippen LogP contribution is 2.38. The van der Waals surface area contributed by atoms with Crippen LogP contribution in [0.3, 0.4) is 0 Å². The summed E-state index contributed by atoms with van der Waals surface area (Å²) in [5.74, 6) is 0.126. The molecule has 1 unspecified atom stereocenters. The zero-order valence-electron chi connectivity index (χ0n) is 15.8. The number of amides is 1. The second kappa shape index (κ2) is 9.49. The fraction of sp³-hybridized carbons (Fsp3) is 0.667. The van der Waals surface area contributed by atoms with Crippen LogP contribution in [0.5, 0.6) is 0 Å². The van der Waals surface area contributed by atoms with E-state index in [1.165, 1.54) is 24.8 Å². The van der Waals surface area contributed by atoms with Gasteiger partial charge in [-0.1, -0.05) is 49.6 Å². The molecule has 1 aliphatic carbocycles. The third-order valence-electron chi connectivity index (χ3n) is 5.88. The van der Waals surface area contributed by atoms with Crippen LogP contribution in [0.1, 0.15) is 44.1 Å². The molecule has 3 N–H and O–H groups in total. The van der Waals surface area contributed by atoms with E-state index in [2.05, 4.69) is 34.5 Å². The summed E-state index contributed by atoms with van der Waals surface area (Å²) in [5.41, 5.74) is 7.35. The molecule has 1 saturated carbocycles. The molecule has 1 aliphatic heterocycles. The van der Waals surface area contributed by atoms with Crippen molar-refractivity contribution in [1.82, 2.24) is 10.2 Å². The van der Waals surface area contributed by atoms with Gasteiger partial charge >= 0.3 is 0 Å². The van der Waals surface area contributed by atoms with Crippen LogP contribution >= 0.6 is 0 Å². The fourth-order valence-corrected chi connectivity index (χ4v) is 4.27. The van der Waals surface area contributed by atoms with Crippen molar-refractivity contribution in [3.05, 3.63) is 35.9 Å². The van der Waals surface area contributed by atoms with Gasteiger partial charge in [-0.15, -0.1) is 0 Å². The average Bonchev–Trinajstić information content (AvgIpc) is 2.68. The Kier molecular flexibility index (Phi) is 7.06. The van der Waals surface area contributed by atoms with Gasteiger partial charge in [0.15, 0.2) is 0 Å². The molecule has 0 radical (unpaired) electrons. The van der Waals surface area contributed by atoms with E-state index < -0.39 is 0 Å². The Morgan fingerprint density at radius 2 is 2.00 bits per heavy atom. The van der Waals surface area contributed by atoms with E-state index in [1.54, 1.807) is 0 Å². The molecular formula is C21H33N3O2. The molecule has 2 fully saturated rings. The minimum atomic E-state index is 0.0229. The molecular weight excluding hydrogens is 326 g/mol. The van der Waals surface area contributed by atoms with Gasteiger partial charge in [-0.05, 0) is 30.4 Å². The smallest absolute Gasteiger partial charge is 0.220 e. The summed E-state index contributed by atoms with van der Waals surface area (Å²) >= 11 is 0. The van der Waals surface area contributed by atoms with E-state index in [-0.39, 0.29) is 17.4 Å². The molecule has 3 rings (SSSR count). The number of carbonyl (C=O) groups excluding carboxylic acids is 1. The Hall–Kier alpha value is -1.43. The zero-order valence-corrected chi connectivity index (χ0v) is 15.8. The largest absolute Gasteiger partial charge is 0.374 e. The second-order valence-corrected chi connectivity index (χ2v) is 7.96. The standard InChI is InChI=1S/C21H33N3O2/c22-17-21(9-5-2-6-10-21)13-20(25)23-14-19-16-24(11-12-26-19)15-18-7-3-1-4-8-18/h1,3-4,7-8,19H,2,5-6,9-17,22H2,(H,23,25). The van der Waals surface area contributed by atoms with Crippen molar-refractivity contribution in [3.8, 4) is 0 Å². The first kappa shape index (κ1) is 19.3. The number of hydrogen-bond acceptors (Lipinski definition) is 4. The number of nitrogens with zero attached hydrogens (tertiary/aromatic N) is 1. The predicted octanol–water partition coefficient (Wildman–Crippen LogP) is 2.30. The topological polar surface area (TPSA) is 67.6 Å². The lowest BCUT2D eigenvalue weighted by Crippen LogP contribution is -2.48. The van der Waals surface area contributed by atoms with E-state index in [9.17, 15) is 4.79 Å². The Labute approximate surface area is 157 Å². The molecule has 144 valence electrons. The quantitative estimate of drug-likeness (QED) is 0.784. The first-order valence-corrected chi connectivity index (χ1v) is 10.0. The maximum Gasteiger partial charge on any atom is 0.220 e. The van der Waals surface area contributed by atoms with E-state index in [0.29, 0.717) is 19.5 Å². The molecule has 0 spiro atoms. The van der Waals surface area contributed by atoms with Crippen LogP contribution in [0, 0.1) is 5.41 Å². The minimum Gasteiger partial charge on any atom is -0.374 e. The van der Waals surface area contributed by atoms with Crippen LogP contribution in [-0.4, -0.2) is 49.7 Å². The Morgan fingerprint density at radius 3 is 2.73 bits per heavy atom. The average molecular weight is 360 g/mol. The first-order valence-electron chi connectivity index (χ1n) is 10.0. The van der Waals surface area contributed by atoms with Crippen LogP contribution in [0.4, 0.5) is 0 Å². The molecule has 1 amide bonds. The fourth-order valence-electron chi connectivity index (χ4n) is 4.27. The predicted molar refractivity (Wildman–Crippen MR) is 104 cm³/mol. The molecule has 1 atom stereocenters. The minimum absolute atomic E-state index is 0.0229. The summed E-state index contributed by atoms with van der Waals surface area (Å²) in [6.45, 7) is 4.66. The number of benzene rings is 1. The molecule has 5 nitrogen and oxygen atoms in total. The number of nitrogens with two attached hydrogens (primary N) is 1. The van der Waals surface area contributed by atoms with Gasteiger partial charge < -0.3 is 15.8 Å². The Balaban J connectivity index is 1.43. The van der Waals surface area contributed by atoms with Crippen LogP contribution in [-0.2, 0) is 16.1 Å². The summed E-state index contributed by atoms with van der Waals surface area (Å²) in [5, 5.41) is 3.10. The van der Waals surface area contributed by atoms with Gasteiger partial charge in [0.2, 0.25) is 5.91 Å². The van der Waals surface area contributed by atoms with Gasteiger partial charge in [0, 0.05) is 32.6 Å². The lowest BCUT2D eigenvalue weighted by molar-refractivity contribution is -0.125. The number of nitrogens with one attached hydrogen (secondary N) is 1. The summed E-state index contributed by atoms with van der Waals surface area (Å²) in [6.07, 6.45) is 6.47. The molecule has 0 bridgehead atoms.